The van der Waals surface area contributed by atoms with Gasteiger partial charge in [-0.2, -0.15) is 0 Å². The SMILES string of the molecule is Cc1cc(C(=O)N2CCCC(C)C2)ccc1NC(=O)NCC(=O)NC(C)C. The number of amides is 4. The fraction of sp³-hybridized carbons (Fsp3) is 0.550. The van der Waals surface area contributed by atoms with Gasteiger partial charge in [-0.05, 0) is 63.3 Å². The number of carbonyl (C=O) groups is 3. The predicted molar refractivity (Wildman–Crippen MR) is 106 cm³/mol. The van der Waals surface area contributed by atoms with Gasteiger partial charge < -0.3 is 20.9 Å². The van der Waals surface area contributed by atoms with Crippen LogP contribution in [0.25, 0.3) is 0 Å². The van der Waals surface area contributed by atoms with Crippen LogP contribution in [-0.2, 0) is 4.79 Å². The summed E-state index contributed by atoms with van der Waals surface area (Å²) in [5.41, 5.74) is 2.04. The van der Waals surface area contributed by atoms with Gasteiger partial charge in [0.05, 0.1) is 6.54 Å². The van der Waals surface area contributed by atoms with E-state index in [4.69, 9.17) is 0 Å². The fourth-order valence-corrected chi connectivity index (χ4v) is 3.19. The van der Waals surface area contributed by atoms with Gasteiger partial charge in [-0.15, -0.1) is 0 Å². The van der Waals surface area contributed by atoms with Gasteiger partial charge in [-0.3, -0.25) is 9.59 Å². The second-order valence-electron chi connectivity index (χ2n) is 7.56. The van der Waals surface area contributed by atoms with E-state index in [1.807, 2.05) is 25.7 Å². The number of hydrogen-bond donors (Lipinski definition) is 3. The number of rotatable bonds is 5. The zero-order valence-corrected chi connectivity index (χ0v) is 16.6. The molecule has 0 aromatic heterocycles. The van der Waals surface area contributed by atoms with Gasteiger partial charge in [-0.1, -0.05) is 6.92 Å². The van der Waals surface area contributed by atoms with Crippen LogP contribution in [0.4, 0.5) is 10.5 Å². The molecular weight excluding hydrogens is 344 g/mol. The molecular formula is C20H30N4O3. The van der Waals surface area contributed by atoms with Gasteiger partial charge in [0, 0.05) is 30.4 Å². The summed E-state index contributed by atoms with van der Waals surface area (Å²) in [5.74, 6) is 0.320. The normalized spacial score (nSPS) is 16.8. The summed E-state index contributed by atoms with van der Waals surface area (Å²) >= 11 is 0. The summed E-state index contributed by atoms with van der Waals surface area (Å²) in [6.07, 6.45) is 2.20. The first kappa shape index (κ1) is 20.7. The number of hydrogen-bond acceptors (Lipinski definition) is 3. The van der Waals surface area contributed by atoms with E-state index in [1.54, 1.807) is 18.2 Å². The van der Waals surface area contributed by atoms with Crippen molar-refractivity contribution in [2.75, 3.05) is 25.0 Å². The van der Waals surface area contributed by atoms with E-state index >= 15 is 0 Å². The van der Waals surface area contributed by atoms with Gasteiger partial charge in [-0.25, -0.2) is 4.79 Å². The third-order valence-electron chi connectivity index (χ3n) is 4.52. The number of likely N-dealkylation sites (tertiary alicyclic amines) is 1. The minimum absolute atomic E-state index is 0.0255. The topological polar surface area (TPSA) is 90.5 Å². The molecule has 7 heteroatoms. The molecule has 0 saturated carbocycles. The molecule has 7 nitrogen and oxygen atoms in total. The van der Waals surface area contributed by atoms with E-state index < -0.39 is 6.03 Å². The molecule has 4 amide bonds. The second-order valence-corrected chi connectivity index (χ2v) is 7.56. The monoisotopic (exact) mass is 374 g/mol. The third kappa shape index (κ3) is 6.27. The van der Waals surface area contributed by atoms with Crippen molar-refractivity contribution in [1.82, 2.24) is 15.5 Å². The largest absolute Gasteiger partial charge is 0.352 e. The van der Waals surface area contributed by atoms with Crippen LogP contribution < -0.4 is 16.0 Å². The summed E-state index contributed by atoms with van der Waals surface area (Å²) in [4.78, 5) is 38.1. The van der Waals surface area contributed by atoms with Crippen LogP contribution >= 0.6 is 0 Å². The van der Waals surface area contributed by atoms with Crippen LogP contribution in [-0.4, -0.2) is 48.4 Å². The predicted octanol–water partition coefficient (Wildman–Crippen LogP) is 2.51. The van der Waals surface area contributed by atoms with Gasteiger partial charge in [0.25, 0.3) is 5.91 Å². The zero-order chi connectivity index (χ0) is 20.0. The molecule has 1 atom stereocenters. The zero-order valence-electron chi connectivity index (χ0n) is 16.6. The average molecular weight is 374 g/mol. The van der Waals surface area contributed by atoms with Crippen molar-refractivity contribution >= 4 is 23.5 Å². The molecule has 1 aromatic carbocycles. The Balaban J connectivity index is 1.93. The summed E-state index contributed by atoms with van der Waals surface area (Å²) in [5, 5.41) is 7.94. The van der Waals surface area contributed by atoms with E-state index in [0.29, 0.717) is 17.2 Å². The fourth-order valence-electron chi connectivity index (χ4n) is 3.19. The standard InChI is InChI=1S/C20H30N4O3/c1-13(2)22-18(25)11-21-20(27)23-17-8-7-16(10-15(17)4)19(26)24-9-5-6-14(3)12-24/h7-8,10,13-14H,5-6,9,11-12H2,1-4H3,(H,22,25)(H2,21,23,27). The van der Waals surface area contributed by atoms with E-state index in [2.05, 4.69) is 22.9 Å². The lowest BCUT2D eigenvalue weighted by Gasteiger charge is -2.31. The lowest BCUT2D eigenvalue weighted by molar-refractivity contribution is -0.120. The maximum absolute atomic E-state index is 12.7. The van der Waals surface area contributed by atoms with Crippen molar-refractivity contribution < 1.29 is 14.4 Å². The minimum Gasteiger partial charge on any atom is -0.352 e. The maximum Gasteiger partial charge on any atom is 0.319 e. The number of piperidine rings is 1. The molecule has 1 aliphatic heterocycles. The van der Waals surface area contributed by atoms with Crippen molar-refractivity contribution in [1.29, 1.82) is 0 Å². The molecule has 1 aromatic rings. The van der Waals surface area contributed by atoms with Gasteiger partial charge in [0.15, 0.2) is 0 Å². The van der Waals surface area contributed by atoms with Crippen LogP contribution in [0.15, 0.2) is 18.2 Å². The highest BCUT2D eigenvalue weighted by Gasteiger charge is 2.22. The second kappa shape index (κ2) is 9.39. The van der Waals surface area contributed by atoms with E-state index in [-0.39, 0.29) is 24.4 Å². The number of urea groups is 1. The molecule has 0 bridgehead atoms. The summed E-state index contributed by atoms with van der Waals surface area (Å²) in [7, 11) is 0. The molecule has 148 valence electrons. The number of nitrogens with one attached hydrogen (secondary N) is 3. The highest BCUT2D eigenvalue weighted by Crippen LogP contribution is 2.21. The summed E-state index contributed by atoms with van der Waals surface area (Å²) < 4.78 is 0. The van der Waals surface area contributed by atoms with E-state index in [9.17, 15) is 14.4 Å². The van der Waals surface area contributed by atoms with Gasteiger partial charge in [0.1, 0.15) is 0 Å². The van der Waals surface area contributed by atoms with Crippen LogP contribution in [0.3, 0.4) is 0 Å². The van der Waals surface area contributed by atoms with Crippen molar-refractivity contribution in [2.45, 2.75) is 46.6 Å². The van der Waals surface area contributed by atoms with E-state index in [1.165, 1.54) is 0 Å². The first-order chi connectivity index (χ1) is 12.8. The molecule has 0 spiro atoms. The van der Waals surface area contributed by atoms with E-state index in [0.717, 1.165) is 31.5 Å². The van der Waals surface area contributed by atoms with Crippen LogP contribution in [0.5, 0.6) is 0 Å². The number of aryl methyl sites for hydroxylation is 1. The Morgan fingerprint density at radius 3 is 2.63 bits per heavy atom. The Morgan fingerprint density at radius 1 is 1.26 bits per heavy atom. The number of nitrogens with zero attached hydrogens (tertiary/aromatic N) is 1. The van der Waals surface area contributed by atoms with Crippen molar-refractivity contribution in [3.8, 4) is 0 Å². The molecule has 3 N–H and O–H groups in total. The Kier molecular flexibility index (Phi) is 7.21. The maximum atomic E-state index is 12.7. The summed E-state index contributed by atoms with van der Waals surface area (Å²) in [6, 6.07) is 4.82. The number of anilines is 1. The van der Waals surface area contributed by atoms with Gasteiger partial charge in [0.2, 0.25) is 5.91 Å². The van der Waals surface area contributed by atoms with Crippen LogP contribution in [0, 0.1) is 12.8 Å². The Morgan fingerprint density at radius 2 is 2.00 bits per heavy atom. The van der Waals surface area contributed by atoms with Crippen molar-refractivity contribution in [3.05, 3.63) is 29.3 Å². The Hall–Kier alpha value is -2.57. The quantitative estimate of drug-likeness (QED) is 0.740. The molecule has 27 heavy (non-hydrogen) atoms. The van der Waals surface area contributed by atoms with Gasteiger partial charge >= 0.3 is 6.03 Å². The van der Waals surface area contributed by atoms with Crippen molar-refractivity contribution in [2.24, 2.45) is 5.92 Å². The lowest BCUT2D eigenvalue weighted by Crippen LogP contribution is -2.41. The van der Waals surface area contributed by atoms with Crippen molar-refractivity contribution in [3.63, 3.8) is 0 Å². The van der Waals surface area contributed by atoms with Crippen LogP contribution in [0.1, 0.15) is 49.5 Å². The van der Waals surface area contributed by atoms with Crippen LogP contribution in [0.2, 0.25) is 0 Å². The smallest absolute Gasteiger partial charge is 0.319 e. The lowest BCUT2D eigenvalue weighted by atomic mass is 9.99. The molecule has 1 saturated heterocycles. The molecule has 0 aliphatic carbocycles. The number of benzene rings is 1. The Labute approximate surface area is 160 Å². The molecule has 1 aliphatic rings. The molecule has 2 rings (SSSR count). The molecule has 1 fully saturated rings. The highest BCUT2D eigenvalue weighted by molar-refractivity contribution is 5.97. The third-order valence-corrected chi connectivity index (χ3v) is 4.52. The first-order valence-electron chi connectivity index (χ1n) is 9.50. The number of carbonyl (C=O) groups excluding carboxylic acids is 3. The Bertz CT molecular complexity index is 702. The summed E-state index contributed by atoms with van der Waals surface area (Å²) in [6.45, 7) is 9.21. The molecule has 1 unspecified atom stereocenters. The minimum atomic E-state index is -0.457. The highest BCUT2D eigenvalue weighted by atomic mass is 16.2. The molecule has 1 heterocycles. The average Bonchev–Trinajstić information content (AvgIpc) is 2.60. The first-order valence-corrected chi connectivity index (χ1v) is 9.50. The molecule has 0 radical (unpaired) electrons.